The van der Waals surface area contributed by atoms with Crippen molar-refractivity contribution in [3.63, 3.8) is 0 Å². The van der Waals surface area contributed by atoms with E-state index >= 15 is 0 Å². The molecular formula is C22H26N2O4S. The predicted molar refractivity (Wildman–Crippen MR) is 115 cm³/mol. The molecule has 2 amide bonds. The number of amides is 2. The summed E-state index contributed by atoms with van der Waals surface area (Å²) in [5.74, 6) is -0.872. The molecule has 0 atom stereocenters. The number of nitrogens with zero attached hydrogens (tertiary/aromatic N) is 1. The van der Waals surface area contributed by atoms with Crippen molar-refractivity contribution >= 4 is 35.2 Å². The van der Waals surface area contributed by atoms with Gasteiger partial charge in [-0.3, -0.25) is 14.4 Å². The average Bonchev–Trinajstić information content (AvgIpc) is 2.72. The summed E-state index contributed by atoms with van der Waals surface area (Å²) in [6, 6.07) is 14.5. The van der Waals surface area contributed by atoms with Crippen LogP contribution in [0.1, 0.15) is 29.8 Å². The minimum absolute atomic E-state index is 0.0919. The zero-order valence-electron chi connectivity index (χ0n) is 16.9. The summed E-state index contributed by atoms with van der Waals surface area (Å²) in [7, 11) is 0. The molecule has 1 N–H and O–H groups in total. The van der Waals surface area contributed by atoms with Gasteiger partial charge in [-0.1, -0.05) is 24.3 Å². The predicted octanol–water partition coefficient (Wildman–Crippen LogP) is 3.75. The second kappa shape index (κ2) is 11.3. The number of ether oxygens (including phenoxy) is 1. The van der Waals surface area contributed by atoms with Crippen LogP contribution in [0, 0.1) is 6.92 Å². The van der Waals surface area contributed by atoms with Gasteiger partial charge in [0.25, 0.3) is 11.8 Å². The smallest absolute Gasteiger partial charge is 0.316 e. The molecule has 0 aromatic heterocycles. The summed E-state index contributed by atoms with van der Waals surface area (Å²) in [4.78, 5) is 39.1. The maximum atomic E-state index is 12.4. The standard InChI is InChI=1S/C22H26N2O4S/c1-4-24(5-2)22(27)17-10-8-11-18(13-17)23-20(25)14-28-21(26)15-29-19-12-7-6-9-16(19)3/h6-13H,4-5,14-15H2,1-3H3,(H,23,25). The molecule has 0 fully saturated rings. The summed E-state index contributed by atoms with van der Waals surface area (Å²) >= 11 is 1.37. The Morgan fingerprint density at radius 2 is 1.76 bits per heavy atom. The van der Waals surface area contributed by atoms with Gasteiger partial charge in [0.05, 0.1) is 5.75 Å². The third-order valence-electron chi connectivity index (χ3n) is 4.25. The second-order valence-corrected chi connectivity index (χ2v) is 7.34. The molecule has 2 aromatic carbocycles. The number of carbonyl (C=O) groups is 3. The molecule has 29 heavy (non-hydrogen) atoms. The first-order chi connectivity index (χ1) is 13.9. The molecule has 0 heterocycles. The van der Waals surface area contributed by atoms with Gasteiger partial charge in [-0.15, -0.1) is 11.8 Å². The summed E-state index contributed by atoms with van der Waals surface area (Å²) in [6.07, 6.45) is 0. The van der Waals surface area contributed by atoms with E-state index in [0.29, 0.717) is 24.3 Å². The zero-order chi connectivity index (χ0) is 21.2. The zero-order valence-corrected chi connectivity index (χ0v) is 17.8. The average molecular weight is 415 g/mol. The highest BCUT2D eigenvalue weighted by molar-refractivity contribution is 8.00. The number of carbonyl (C=O) groups excluding carboxylic acids is 3. The number of benzene rings is 2. The van der Waals surface area contributed by atoms with Crippen LogP contribution in [0.5, 0.6) is 0 Å². The molecule has 0 spiro atoms. The molecule has 0 aliphatic carbocycles. The summed E-state index contributed by atoms with van der Waals surface area (Å²) < 4.78 is 5.04. The van der Waals surface area contributed by atoms with Crippen molar-refractivity contribution < 1.29 is 19.1 Å². The highest BCUT2D eigenvalue weighted by Gasteiger charge is 2.14. The van der Waals surface area contributed by atoms with E-state index in [9.17, 15) is 14.4 Å². The molecule has 0 bridgehead atoms. The Morgan fingerprint density at radius 3 is 2.45 bits per heavy atom. The molecule has 2 aromatic rings. The van der Waals surface area contributed by atoms with Crippen LogP contribution in [-0.2, 0) is 14.3 Å². The Labute approximate surface area is 175 Å². The molecule has 2 rings (SSSR count). The maximum absolute atomic E-state index is 12.4. The van der Waals surface area contributed by atoms with Crippen molar-refractivity contribution in [3.8, 4) is 0 Å². The first-order valence-corrected chi connectivity index (χ1v) is 10.5. The molecule has 0 saturated carbocycles. The van der Waals surface area contributed by atoms with Gasteiger partial charge >= 0.3 is 5.97 Å². The number of hydrogen-bond acceptors (Lipinski definition) is 5. The van der Waals surface area contributed by atoms with E-state index in [4.69, 9.17) is 4.74 Å². The van der Waals surface area contributed by atoms with Gasteiger partial charge in [0.2, 0.25) is 0 Å². The number of anilines is 1. The Morgan fingerprint density at radius 1 is 1.03 bits per heavy atom. The van der Waals surface area contributed by atoms with Crippen LogP contribution in [-0.4, -0.2) is 48.1 Å². The van der Waals surface area contributed by atoms with E-state index < -0.39 is 11.9 Å². The molecule has 7 heteroatoms. The summed E-state index contributed by atoms with van der Waals surface area (Å²) in [6.45, 7) is 6.66. The minimum Gasteiger partial charge on any atom is -0.455 e. The van der Waals surface area contributed by atoms with Gasteiger partial charge in [0.15, 0.2) is 6.61 Å². The van der Waals surface area contributed by atoms with Crippen molar-refractivity contribution in [2.24, 2.45) is 0 Å². The normalized spacial score (nSPS) is 10.3. The van der Waals surface area contributed by atoms with Gasteiger partial charge < -0.3 is 15.0 Å². The van der Waals surface area contributed by atoms with Crippen molar-refractivity contribution in [1.29, 1.82) is 0 Å². The third-order valence-corrected chi connectivity index (χ3v) is 5.40. The maximum Gasteiger partial charge on any atom is 0.316 e. The summed E-state index contributed by atoms with van der Waals surface area (Å²) in [5, 5.41) is 2.66. The molecule has 0 unspecified atom stereocenters. The van der Waals surface area contributed by atoms with Gasteiger partial charge in [0, 0.05) is 29.2 Å². The van der Waals surface area contributed by atoms with Crippen LogP contribution in [0.4, 0.5) is 5.69 Å². The highest BCUT2D eigenvalue weighted by Crippen LogP contribution is 2.21. The number of rotatable bonds is 9. The third kappa shape index (κ3) is 6.94. The minimum atomic E-state index is -0.459. The second-order valence-electron chi connectivity index (χ2n) is 6.32. The van der Waals surface area contributed by atoms with Gasteiger partial charge in [0.1, 0.15) is 0 Å². The molecule has 154 valence electrons. The number of thioether (sulfide) groups is 1. The Bertz CT molecular complexity index is 865. The van der Waals surface area contributed by atoms with Crippen molar-refractivity contribution in [2.75, 3.05) is 30.8 Å². The van der Waals surface area contributed by atoms with E-state index in [1.807, 2.05) is 45.0 Å². The highest BCUT2D eigenvalue weighted by atomic mass is 32.2. The van der Waals surface area contributed by atoms with E-state index in [-0.39, 0.29) is 18.3 Å². The van der Waals surface area contributed by atoms with Gasteiger partial charge in [-0.2, -0.15) is 0 Å². The monoisotopic (exact) mass is 414 g/mol. The van der Waals surface area contributed by atoms with Crippen LogP contribution in [0.15, 0.2) is 53.4 Å². The number of nitrogens with one attached hydrogen (secondary N) is 1. The van der Waals surface area contributed by atoms with Crippen molar-refractivity contribution in [3.05, 3.63) is 59.7 Å². The number of hydrogen-bond donors (Lipinski definition) is 1. The first-order valence-electron chi connectivity index (χ1n) is 9.47. The topological polar surface area (TPSA) is 75.7 Å². The molecule has 0 radical (unpaired) electrons. The Balaban J connectivity index is 1.83. The fourth-order valence-corrected chi connectivity index (χ4v) is 3.49. The fourth-order valence-electron chi connectivity index (χ4n) is 2.66. The number of aryl methyl sites for hydroxylation is 1. The Hall–Kier alpha value is -2.80. The van der Waals surface area contributed by atoms with Gasteiger partial charge in [-0.05, 0) is 50.6 Å². The molecule has 6 nitrogen and oxygen atoms in total. The number of esters is 1. The van der Waals surface area contributed by atoms with Gasteiger partial charge in [-0.25, -0.2) is 0 Å². The van der Waals surface area contributed by atoms with Crippen LogP contribution in [0.25, 0.3) is 0 Å². The van der Waals surface area contributed by atoms with E-state index in [1.165, 1.54) is 11.8 Å². The van der Waals surface area contributed by atoms with Crippen molar-refractivity contribution in [2.45, 2.75) is 25.7 Å². The SMILES string of the molecule is CCN(CC)C(=O)c1cccc(NC(=O)COC(=O)CSc2ccccc2C)c1. The lowest BCUT2D eigenvalue weighted by Gasteiger charge is -2.19. The van der Waals surface area contributed by atoms with E-state index in [1.54, 1.807) is 29.2 Å². The van der Waals surface area contributed by atoms with Crippen LogP contribution in [0.2, 0.25) is 0 Å². The van der Waals surface area contributed by atoms with E-state index in [0.717, 1.165) is 10.5 Å². The largest absolute Gasteiger partial charge is 0.455 e. The lowest BCUT2D eigenvalue weighted by Crippen LogP contribution is -2.30. The molecule has 0 saturated heterocycles. The molecule has 0 aliphatic rings. The lowest BCUT2D eigenvalue weighted by molar-refractivity contribution is -0.144. The summed E-state index contributed by atoms with van der Waals surface area (Å²) in [5.41, 5.74) is 2.07. The van der Waals surface area contributed by atoms with Crippen LogP contribution >= 0.6 is 11.8 Å². The van der Waals surface area contributed by atoms with Crippen LogP contribution < -0.4 is 5.32 Å². The Kier molecular flexibility index (Phi) is 8.73. The molecule has 0 aliphatic heterocycles. The van der Waals surface area contributed by atoms with Crippen LogP contribution in [0.3, 0.4) is 0 Å². The first kappa shape index (κ1) is 22.5. The fraction of sp³-hybridized carbons (Fsp3) is 0.318. The lowest BCUT2D eigenvalue weighted by atomic mass is 10.1. The quantitative estimate of drug-likeness (QED) is 0.500. The van der Waals surface area contributed by atoms with Crippen molar-refractivity contribution in [1.82, 2.24) is 4.90 Å². The molecular weight excluding hydrogens is 388 g/mol. The van der Waals surface area contributed by atoms with E-state index in [2.05, 4.69) is 5.32 Å².